The third-order valence-corrected chi connectivity index (χ3v) is 2.93. The van der Waals surface area contributed by atoms with E-state index in [4.69, 9.17) is 11.6 Å². The van der Waals surface area contributed by atoms with Crippen molar-refractivity contribution in [1.29, 1.82) is 0 Å². The third kappa shape index (κ3) is 2.82. The van der Waals surface area contributed by atoms with Gasteiger partial charge in [-0.15, -0.1) is 0 Å². The molecule has 0 spiro atoms. The molecule has 2 aromatic carbocycles. The van der Waals surface area contributed by atoms with Crippen LogP contribution in [-0.2, 0) is 6.18 Å². The zero-order chi connectivity index (χ0) is 14.9. The number of carbonyl (C=O) groups is 1. The summed E-state index contributed by atoms with van der Waals surface area (Å²) in [6.45, 7) is 0. The fraction of sp³-hybridized carbons (Fsp3) is 0.0714. The largest absolute Gasteiger partial charge is 0.416 e. The maximum Gasteiger partial charge on any atom is 0.416 e. The van der Waals surface area contributed by atoms with Crippen LogP contribution in [-0.4, -0.2) is 5.24 Å². The summed E-state index contributed by atoms with van der Waals surface area (Å²) in [5.74, 6) is -0.731. The van der Waals surface area contributed by atoms with Crippen molar-refractivity contribution in [3.63, 3.8) is 0 Å². The first-order valence-electron chi connectivity index (χ1n) is 5.46. The number of hydrogen-bond acceptors (Lipinski definition) is 1. The summed E-state index contributed by atoms with van der Waals surface area (Å²) in [4.78, 5) is 11.3. The Hall–Kier alpha value is -1.88. The van der Waals surface area contributed by atoms with E-state index in [1.165, 1.54) is 18.2 Å². The lowest BCUT2D eigenvalue weighted by molar-refractivity contribution is -0.137. The van der Waals surface area contributed by atoms with E-state index in [1.807, 2.05) is 0 Å². The highest BCUT2D eigenvalue weighted by Crippen LogP contribution is 2.35. The van der Waals surface area contributed by atoms with E-state index in [1.54, 1.807) is 0 Å². The third-order valence-electron chi connectivity index (χ3n) is 2.72. The van der Waals surface area contributed by atoms with Gasteiger partial charge in [-0.1, -0.05) is 18.2 Å². The molecule has 2 rings (SSSR count). The average Bonchev–Trinajstić information content (AvgIpc) is 2.37. The molecular formula is C14H7ClF4O. The molecule has 20 heavy (non-hydrogen) atoms. The molecule has 0 saturated carbocycles. The Labute approximate surface area is 116 Å². The molecular weight excluding hydrogens is 296 g/mol. The maximum absolute atomic E-state index is 13.7. The number of hydrogen-bond donors (Lipinski definition) is 0. The Morgan fingerprint density at radius 2 is 1.65 bits per heavy atom. The van der Waals surface area contributed by atoms with Gasteiger partial charge in [-0.05, 0) is 41.4 Å². The summed E-state index contributed by atoms with van der Waals surface area (Å²) in [5.41, 5.74) is -1.44. The van der Waals surface area contributed by atoms with Crippen LogP contribution in [0.5, 0.6) is 0 Å². The molecule has 0 N–H and O–H groups in total. The molecule has 0 aromatic heterocycles. The van der Waals surface area contributed by atoms with Gasteiger partial charge in [0.15, 0.2) is 0 Å². The van der Waals surface area contributed by atoms with Gasteiger partial charge in [-0.2, -0.15) is 13.2 Å². The second-order valence-electron chi connectivity index (χ2n) is 4.01. The maximum atomic E-state index is 13.7. The van der Waals surface area contributed by atoms with Gasteiger partial charge in [0.2, 0.25) is 0 Å². The molecule has 0 amide bonds. The van der Waals surface area contributed by atoms with Crippen LogP contribution < -0.4 is 0 Å². The minimum Gasteiger partial charge on any atom is -0.276 e. The summed E-state index contributed by atoms with van der Waals surface area (Å²) in [6, 6.07) is 7.63. The van der Waals surface area contributed by atoms with E-state index in [9.17, 15) is 22.4 Å². The van der Waals surface area contributed by atoms with Crippen molar-refractivity contribution in [2.75, 3.05) is 0 Å². The van der Waals surface area contributed by atoms with Gasteiger partial charge in [0, 0.05) is 11.1 Å². The average molecular weight is 303 g/mol. The molecule has 0 saturated heterocycles. The van der Waals surface area contributed by atoms with Crippen LogP contribution in [0.25, 0.3) is 11.1 Å². The molecule has 0 unspecified atom stereocenters. The van der Waals surface area contributed by atoms with Gasteiger partial charge < -0.3 is 0 Å². The first-order valence-corrected chi connectivity index (χ1v) is 5.84. The van der Waals surface area contributed by atoms with Crippen LogP contribution in [0.4, 0.5) is 17.6 Å². The van der Waals surface area contributed by atoms with Gasteiger partial charge in [-0.25, -0.2) is 4.39 Å². The lowest BCUT2D eigenvalue weighted by atomic mass is 9.97. The second kappa shape index (κ2) is 5.25. The van der Waals surface area contributed by atoms with Crippen molar-refractivity contribution in [3.8, 4) is 11.1 Å². The summed E-state index contributed by atoms with van der Waals surface area (Å²) in [6.07, 6.45) is -4.59. The quantitative estimate of drug-likeness (QED) is 0.570. The molecule has 0 fully saturated rings. The SMILES string of the molecule is O=C(Cl)c1ccc(C(F)(F)F)cc1-c1ccccc1F. The highest BCUT2D eigenvalue weighted by Gasteiger charge is 2.31. The molecule has 104 valence electrons. The van der Waals surface area contributed by atoms with Crippen molar-refractivity contribution in [2.24, 2.45) is 0 Å². The van der Waals surface area contributed by atoms with Gasteiger partial charge in [-0.3, -0.25) is 4.79 Å². The van der Waals surface area contributed by atoms with Crippen LogP contribution in [0, 0.1) is 5.82 Å². The molecule has 0 aliphatic carbocycles. The molecule has 0 aliphatic heterocycles. The number of alkyl halides is 3. The van der Waals surface area contributed by atoms with Crippen molar-refractivity contribution in [2.45, 2.75) is 6.18 Å². The van der Waals surface area contributed by atoms with Crippen molar-refractivity contribution in [3.05, 3.63) is 59.4 Å². The summed E-state index contributed by atoms with van der Waals surface area (Å²) in [7, 11) is 0. The highest BCUT2D eigenvalue weighted by molar-refractivity contribution is 6.68. The Balaban J connectivity index is 2.71. The lowest BCUT2D eigenvalue weighted by Gasteiger charge is -2.12. The van der Waals surface area contributed by atoms with Crippen LogP contribution >= 0.6 is 11.6 Å². The van der Waals surface area contributed by atoms with Crippen LogP contribution in [0.3, 0.4) is 0 Å². The predicted octanol–water partition coefficient (Wildman–Crippen LogP) is 4.89. The van der Waals surface area contributed by atoms with E-state index in [0.717, 1.165) is 18.2 Å². The van der Waals surface area contributed by atoms with Gasteiger partial charge in [0.25, 0.3) is 5.24 Å². The summed E-state index contributed by atoms with van der Waals surface area (Å²) in [5, 5.41) is -0.947. The van der Waals surface area contributed by atoms with Gasteiger partial charge in [0.1, 0.15) is 5.82 Å². The van der Waals surface area contributed by atoms with E-state index >= 15 is 0 Å². The number of benzene rings is 2. The van der Waals surface area contributed by atoms with Crippen LogP contribution in [0.15, 0.2) is 42.5 Å². The molecule has 0 aliphatic rings. The predicted molar refractivity (Wildman–Crippen MR) is 67.0 cm³/mol. The van der Waals surface area contributed by atoms with Gasteiger partial charge >= 0.3 is 6.18 Å². The van der Waals surface area contributed by atoms with E-state index in [-0.39, 0.29) is 16.7 Å². The Bertz CT molecular complexity index is 664. The first-order chi connectivity index (χ1) is 9.30. The zero-order valence-corrected chi connectivity index (χ0v) is 10.6. The Morgan fingerprint density at radius 3 is 2.20 bits per heavy atom. The standard InChI is InChI=1S/C14H7ClF4O/c15-13(20)10-6-5-8(14(17,18)19)7-11(10)9-3-1-2-4-12(9)16/h1-7H. The van der Waals surface area contributed by atoms with Gasteiger partial charge in [0.05, 0.1) is 5.56 Å². The summed E-state index contributed by atoms with van der Waals surface area (Å²) >= 11 is 5.33. The van der Waals surface area contributed by atoms with E-state index < -0.39 is 22.8 Å². The Kier molecular flexibility index (Phi) is 3.81. The molecule has 0 heterocycles. The lowest BCUT2D eigenvalue weighted by Crippen LogP contribution is -2.07. The van der Waals surface area contributed by atoms with E-state index in [2.05, 4.69) is 0 Å². The second-order valence-corrected chi connectivity index (χ2v) is 4.35. The molecule has 0 bridgehead atoms. The minimum absolute atomic E-state index is 0.109. The normalized spacial score (nSPS) is 11.4. The fourth-order valence-electron chi connectivity index (χ4n) is 1.79. The zero-order valence-electron chi connectivity index (χ0n) is 9.84. The monoisotopic (exact) mass is 302 g/mol. The van der Waals surface area contributed by atoms with Crippen molar-refractivity contribution < 1.29 is 22.4 Å². The van der Waals surface area contributed by atoms with Crippen molar-refractivity contribution >= 4 is 16.8 Å². The van der Waals surface area contributed by atoms with Crippen LogP contribution in [0.1, 0.15) is 15.9 Å². The van der Waals surface area contributed by atoms with E-state index in [0.29, 0.717) is 6.07 Å². The fourth-order valence-corrected chi connectivity index (χ4v) is 1.96. The van der Waals surface area contributed by atoms with Crippen LogP contribution in [0.2, 0.25) is 0 Å². The van der Waals surface area contributed by atoms with Crippen molar-refractivity contribution in [1.82, 2.24) is 0 Å². The number of halogens is 5. The molecule has 0 atom stereocenters. The molecule has 1 nitrogen and oxygen atoms in total. The number of carbonyl (C=O) groups excluding carboxylic acids is 1. The molecule has 0 radical (unpaired) electrons. The topological polar surface area (TPSA) is 17.1 Å². The highest BCUT2D eigenvalue weighted by atomic mass is 35.5. The Morgan fingerprint density at radius 1 is 1.00 bits per heavy atom. The first kappa shape index (κ1) is 14.5. The number of rotatable bonds is 2. The minimum atomic E-state index is -4.59. The molecule has 2 aromatic rings. The summed E-state index contributed by atoms with van der Waals surface area (Å²) < 4.78 is 51.8. The molecule has 6 heteroatoms. The smallest absolute Gasteiger partial charge is 0.276 e.